The molecule has 8 nitrogen and oxygen atoms in total. The topological polar surface area (TPSA) is 111 Å². The van der Waals surface area contributed by atoms with E-state index in [2.05, 4.69) is 15.5 Å². The fourth-order valence-electron chi connectivity index (χ4n) is 2.74. The molecule has 0 aliphatic heterocycles. The van der Waals surface area contributed by atoms with Crippen LogP contribution in [0.15, 0.2) is 58.6 Å². The second-order valence-electron chi connectivity index (χ2n) is 7.00. The number of sulfone groups is 1. The Morgan fingerprint density at radius 1 is 1.10 bits per heavy atom. The zero-order chi connectivity index (χ0) is 22.6. The molecule has 0 aliphatic carbocycles. The molecule has 1 aromatic heterocycles. The van der Waals surface area contributed by atoms with E-state index in [9.17, 15) is 18.0 Å². The maximum absolute atomic E-state index is 12.6. The molecule has 3 rings (SSSR count). The van der Waals surface area contributed by atoms with E-state index in [1.54, 1.807) is 60.1 Å². The highest BCUT2D eigenvalue weighted by Crippen LogP contribution is 2.20. The Labute approximate surface area is 185 Å². The van der Waals surface area contributed by atoms with Crippen LogP contribution in [-0.2, 0) is 27.4 Å². The van der Waals surface area contributed by atoms with Gasteiger partial charge in [-0.15, -0.1) is 10.2 Å². The number of benzene rings is 2. The van der Waals surface area contributed by atoms with Gasteiger partial charge < -0.3 is 9.88 Å². The van der Waals surface area contributed by atoms with Crippen LogP contribution < -0.4 is 5.32 Å². The molecule has 1 heterocycles. The van der Waals surface area contributed by atoms with Gasteiger partial charge in [0, 0.05) is 18.3 Å². The number of nitrogens with one attached hydrogen (secondary N) is 1. The quantitative estimate of drug-likeness (QED) is 0.408. The van der Waals surface area contributed by atoms with Crippen LogP contribution in [0.3, 0.4) is 0 Å². The molecule has 1 N–H and O–H groups in total. The minimum atomic E-state index is -3.56. The molecular formula is C21H22N4O4S2. The van der Waals surface area contributed by atoms with Crippen molar-refractivity contribution in [2.45, 2.75) is 29.7 Å². The van der Waals surface area contributed by atoms with Crippen molar-refractivity contribution >= 4 is 39.0 Å². The molecule has 0 bridgehead atoms. The molecule has 0 atom stereocenters. The number of ketones is 1. The molecule has 1 amide bonds. The van der Waals surface area contributed by atoms with Gasteiger partial charge in [0.1, 0.15) is 11.6 Å². The SMILES string of the molecule is CC(=O)c1cccc(NC(=O)CSc2nnc(CS(=O)(=O)c3ccc(C)cc3)n2C)c1. The number of hydrogen-bond donors (Lipinski definition) is 1. The second kappa shape index (κ2) is 9.44. The first-order chi connectivity index (χ1) is 14.7. The van der Waals surface area contributed by atoms with Crippen molar-refractivity contribution in [3.63, 3.8) is 0 Å². The summed E-state index contributed by atoms with van der Waals surface area (Å²) >= 11 is 1.15. The number of rotatable bonds is 8. The smallest absolute Gasteiger partial charge is 0.234 e. The molecule has 0 fully saturated rings. The first-order valence-electron chi connectivity index (χ1n) is 9.37. The zero-order valence-electron chi connectivity index (χ0n) is 17.3. The number of aromatic nitrogens is 3. The maximum Gasteiger partial charge on any atom is 0.234 e. The van der Waals surface area contributed by atoms with E-state index in [0.717, 1.165) is 17.3 Å². The molecule has 0 aliphatic rings. The Morgan fingerprint density at radius 3 is 2.48 bits per heavy atom. The number of Topliss-reactive ketones (excluding diaryl/α,β-unsaturated/α-hetero) is 1. The Morgan fingerprint density at radius 2 is 1.81 bits per heavy atom. The molecule has 3 aromatic rings. The van der Waals surface area contributed by atoms with Crippen molar-refractivity contribution in [3.8, 4) is 0 Å². The molecule has 0 unspecified atom stereocenters. The fourth-order valence-corrected chi connectivity index (χ4v) is 4.78. The third kappa shape index (κ3) is 5.80. The van der Waals surface area contributed by atoms with E-state index in [0.29, 0.717) is 16.4 Å². The van der Waals surface area contributed by atoms with Gasteiger partial charge in [0.2, 0.25) is 5.91 Å². The van der Waals surface area contributed by atoms with E-state index in [1.165, 1.54) is 6.92 Å². The van der Waals surface area contributed by atoms with E-state index >= 15 is 0 Å². The first-order valence-corrected chi connectivity index (χ1v) is 12.0. The number of hydrogen-bond acceptors (Lipinski definition) is 7. The van der Waals surface area contributed by atoms with Crippen LogP contribution in [0.25, 0.3) is 0 Å². The predicted octanol–water partition coefficient (Wildman–Crippen LogP) is 3.03. The Bertz CT molecular complexity index is 1220. The van der Waals surface area contributed by atoms with Crippen molar-refractivity contribution in [2.75, 3.05) is 11.1 Å². The maximum atomic E-state index is 12.6. The summed E-state index contributed by atoms with van der Waals surface area (Å²) in [7, 11) is -1.90. The molecule has 0 saturated carbocycles. The lowest BCUT2D eigenvalue weighted by Gasteiger charge is -2.07. The van der Waals surface area contributed by atoms with Crippen LogP contribution in [0.2, 0.25) is 0 Å². The zero-order valence-corrected chi connectivity index (χ0v) is 19.0. The van der Waals surface area contributed by atoms with Gasteiger partial charge in [-0.3, -0.25) is 9.59 Å². The first kappa shape index (κ1) is 22.7. The van der Waals surface area contributed by atoms with Crippen molar-refractivity contribution in [3.05, 3.63) is 65.5 Å². The molecular weight excluding hydrogens is 436 g/mol. The summed E-state index contributed by atoms with van der Waals surface area (Å²) in [5.41, 5.74) is 2.02. The largest absolute Gasteiger partial charge is 0.325 e. The minimum absolute atomic E-state index is 0.0565. The van der Waals surface area contributed by atoms with Gasteiger partial charge in [-0.2, -0.15) is 0 Å². The number of thioether (sulfide) groups is 1. The van der Waals surface area contributed by atoms with Crippen LogP contribution in [0.4, 0.5) is 5.69 Å². The lowest BCUT2D eigenvalue weighted by atomic mass is 10.1. The highest BCUT2D eigenvalue weighted by molar-refractivity contribution is 7.99. The van der Waals surface area contributed by atoms with Crippen LogP contribution in [-0.4, -0.2) is 40.6 Å². The van der Waals surface area contributed by atoms with E-state index in [1.807, 2.05) is 6.92 Å². The normalized spacial score (nSPS) is 11.3. The molecule has 31 heavy (non-hydrogen) atoms. The number of nitrogens with zero attached hydrogens (tertiary/aromatic N) is 3. The lowest BCUT2D eigenvalue weighted by molar-refractivity contribution is -0.113. The van der Waals surface area contributed by atoms with Gasteiger partial charge in [0.25, 0.3) is 0 Å². The summed E-state index contributed by atoms with van der Waals surface area (Å²) in [5, 5.41) is 11.2. The average molecular weight is 459 g/mol. The highest BCUT2D eigenvalue weighted by Gasteiger charge is 2.20. The standard InChI is InChI=1S/C21H22N4O4S2/c1-14-7-9-18(10-8-14)31(28,29)13-19-23-24-21(25(19)3)30-12-20(27)22-17-6-4-5-16(11-17)15(2)26/h4-11H,12-13H2,1-3H3,(H,22,27). The molecule has 162 valence electrons. The van der Waals surface area contributed by atoms with Crippen molar-refractivity contribution in [1.82, 2.24) is 14.8 Å². The van der Waals surface area contributed by atoms with E-state index in [4.69, 9.17) is 0 Å². The van der Waals surface area contributed by atoms with Gasteiger partial charge in [-0.25, -0.2) is 8.42 Å². The number of aryl methyl sites for hydroxylation is 1. The molecule has 0 saturated heterocycles. The Balaban J connectivity index is 1.62. The molecule has 0 radical (unpaired) electrons. The third-order valence-electron chi connectivity index (χ3n) is 4.51. The van der Waals surface area contributed by atoms with Crippen molar-refractivity contribution in [1.29, 1.82) is 0 Å². The monoisotopic (exact) mass is 458 g/mol. The highest BCUT2D eigenvalue weighted by atomic mass is 32.2. The van der Waals surface area contributed by atoms with Crippen LogP contribution in [0.5, 0.6) is 0 Å². The average Bonchev–Trinajstić information content (AvgIpc) is 3.06. The summed E-state index contributed by atoms with van der Waals surface area (Å²) < 4.78 is 26.9. The Hall–Kier alpha value is -2.98. The van der Waals surface area contributed by atoms with Gasteiger partial charge in [0.15, 0.2) is 20.8 Å². The number of anilines is 1. The van der Waals surface area contributed by atoms with Gasteiger partial charge in [-0.05, 0) is 38.1 Å². The summed E-state index contributed by atoms with van der Waals surface area (Å²) in [6.45, 7) is 3.35. The lowest BCUT2D eigenvalue weighted by Crippen LogP contribution is -2.15. The fraction of sp³-hybridized carbons (Fsp3) is 0.238. The van der Waals surface area contributed by atoms with Gasteiger partial charge in [0.05, 0.1) is 10.6 Å². The van der Waals surface area contributed by atoms with E-state index in [-0.39, 0.29) is 33.9 Å². The van der Waals surface area contributed by atoms with E-state index < -0.39 is 9.84 Å². The van der Waals surface area contributed by atoms with Gasteiger partial charge in [-0.1, -0.05) is 41.6 Å². The van der Waals surface area contributed by atoms with Crippen molar-refractivity contribution in [2.24, 2.45) is 7.05 Å². The summed E-state index contributed by atoms with van der Waals surface area (Å²) in [6, 6.07) is 13.3. The molecule has 10 heteroatoms. The summed E-state index contributed by atoms with van der Waals surface area (Å²) in [4.78, 5) is 23.9. The Kier molecular flexibility index (Phi) is 6.91. The summed E-state index contributed by atoms with van der Waals surface area (Å²) in [6.07, 6.45) is 0. The summed E-state index contributed by atoms with van der Waals surface area (Å²) in [5.74, 6) is -0.302. The minimum Gasteiger partial charge on any atom is -0.325 e. The van der Waals surface area contributed by atoms with Crippen molar-refractivity contribution < 1.29 is 18.0 Å². The second-order valence-corrected chi connectivity index (χ2v) is 9.94. The van der Waals surface area contributed by atoms with Crippen LogP contribution >= 0.6 is 11.8 Å². The predicted molar refractivity (Wildman–Crippen MR) is 119 cm³/mol. The van der Waals surface area contributed by atoms with Crippen LogP contribution in [0, 0.1) is 6.92 Å². The molecule has 0 spiro atoms. The third-order valence-corrected chi connectivity index (χ3v) is 7.16. The van der Waals surface area contributed by atoms with Gasteiger partial charge >= 0.3 is 0 Å². The van der Waals surface area contributed by atoms with Crippen LogP contribution in [0.1, 0.15) is 28.7 Å². The number of carbonyl (C=O) groups is 2. The number of amides is 1. The molecule has 2 aromatic carbocycles. The number of carbonyl (C=O) groups excluding carboxylic acids is 2.